The summed E-state index contributed by atoms with van der Waals surface area (Å²) in [5, 5.41) is 14.2. The van der Waals surface area contributed by atoms with Crippen molar-refractivity contribution in [2.75, 3.05) is 12.4 Å². The Morgan fingerprint density at radius 1 is 1.27 bits per heavy atom. The number of anilines is 1. The van der Waals surface area contributed by atoms with Crippen molar-refractivity contribution in [2.45, 2.75) is 50.7 Å². The van der Waals surface area contributed by atoms with E-state index < -0.39 is 6.04 Å². The molecule has 0 radical (unpaired) electrons. The third kappa shape index (κ3) is 2.60. The first-order chi connectivity index (χ1) is 12.6. The lowest BCUT2D eigenvalue weighted by atomic mass is 9.87. The molecular weight excluding hydrogens is 330 g/mol. The highest BCUT2D eigenvalue weighted by molar-refractivity contribution is 5.77. The van der Waals surface area contributed by atoms with Crippen LogP contribution in [0.4, 0.5) is 5.69 Å². The van der Waals surface area contributed by atoms with Crippen LogP contribution in [0.15, 0.2) is 30.5 Å². The SMILES string of the molecule is COc1ccccc1[C@H]1c2c(c[nH]c2O)N[C@H]2CCCC[C@@H]2N1C(C)=O. The van der Waals surface area contributed by atoms with Crippen LogP contribution in [0.1, 0.15) is 49.8 Å². The number of nitrogens with one attached hydrogen (secondary N) is 2. The minimum absolute atomic E-state index is 0.00746. The first-order valence-electron chi connectivity index (χ1n) is 9.20. The predicted octanol–water partition coefficient (Wildman–Crippen LogP) is 3.40. The number of carbonyl (C=O) groups is 1. The number of benzene rings is 1. The molecule has 26 heavy (non-hydrogen) atoms. The zero-order valence-corrected chi connectivity index (χ0v) is 15.2. The lowest BCUT2D eigenvalue weighted by Gasteiger charge is -2.41. The number of amides is 1. The molecular formula is C20H25N3O3. The summed E-state index contributed by atoms with van der Waals surface area (Å²) in [6, 6.07) is 7.59. The fourth-order valence-corrected chi connectivity index (χ4v) is 4.58. The second kappa shape index (κ2) is 6.59. The number of rotatable bonds is 2. The van der Waals surface area contributed by atoms with Gasteiger partial charge in [0.15, 0.2) is 5.88 Å². The van der Waals surface area contributed by atoms with E-state index in [9.17, 15) is 9.90 Å². The van der Waals surface area contributed by atoms with Crippen LogP contribution in [0.25, 0.3) is 0 Å². The van der Waals surface area contributed by atoms with E-state index in [1.54, 1.807) is 20.2 Å². The average Bonchev–Trinajstić information content (AvgIpc) is 2.92. The van der Waals surface area contributed by atoms with Crippen molar-refractivity contribution >= 4 is 11.6 Å². The number of methoxy groups -OCH3 is 1. The van der Waals surface area contributed by atoms with E-state index in [1.165, 1.54) is 0 Å². The number of ether oxygens (including phenoxy) is 1. The molecule has 138 valence electrons. The summed E-state index contributed by atoms with van der Waals surface area (Å²) in [7, 11) is 1.63. The molecule has 2 aliphatic rings. The van der Waals surface area contributed by atoms with E-state index in [0.29, 0.717) is 11.3 Å². The van der Waals surface area contributed by atoms with Gasteiger partial charge in [-0.15, -0.1) is 0 Å². The standard InChI is InChI=1S/C20H25N3O3/c1-12(24)23-16-9-5-4-8-14(16)22-15-11-21-20(25)18(15)19(23)13-7-3-6-10-17(13)26-2/h3,6-7,10-11,14,16,19,21-22,25H,4-5,8-9H2,1-2H3/t14-,16-,19-/m0/s1. The van der Waals surface area contributed by atoms with Gasteiger partial charge >= 0.3 is 0 Å². The molecule has 6 heteroatoms. The molecule has 1 fully saturated rings. The normalized spacial score (nSPS) is 24.8. The summed E-state index contributed by atoms with van der Waals surface area (Å²) in [4.78, 5) is 17.7. The van der Waals surface area contributed by atoms with E-state index in [0.717, 1.165) is 36.9 Å². The van der Waals surface area contributed by atoms with Gasteiger partial charge in [0.2, 0.25) is 5.91 Å². The van der Waals surface area contributed by atoms with Crippen molar-refractivity contribution in [1.29, 1.82) is 0 Å². The fraction of sp³-hybridized carbons (Fsp3) is 0.450. The molecule has 0 bridgehead atoms. The molecule has 3 atom stereocenters. The third-order valence-corrected chi connectivity index (χ3v) is 5.67. The van der Waals surface area contributed by atoms with Crippen molar-refractivity contribution in [3.63, 3.8) is 0 Å². The van der Waals surface area contributed by atoms with Crippen LogP contribution in [0.5, 0.6) is 11.6 Å². The molecule has 3 N–H and O–H groups in total. The first-order valence-corrected chi connectivity index (χ1v) is 9.20. The maximum absolute atomic E-state index is 12.8. The van der Waals surface area contributed by atoms with E-state index in [2.05, 4.69) is 10.3 Å². The summed E-state index contributed by atoms with van der Waals surface area (Å²) in [5.41, 5.74) is 2.45. The highest BCUT2D eigenvalue weighted by atomic mass is 16.5. The van der Waals surface area contributed by atoms with Gasteiger partial charge in [0.1, 0.15) is 5.75 Å². The van der Waals surface area contributed by atoms with Crippen LogP contribution in [0.2, 0.25) is 0 Å². The molecule has 0 saturated heterocycles. The minimum atomic E-state index is -0.398. The molecule has 1 saturated carbocycles. The van der Waals surface area contributed by atoms with Crippen LogP contribution < -0.4 is 10.1 Å². The number of nitrogens with zero attached hydrogens (tertiary/aromatic N) is 1. The summed E-state index contributed by atoms with van der Waals surface area (Å²) >= 11 is 0. The summed E-state index contributed by atoms with van der Waals surface area (Å²) in [6.45, 7) is 1.61. The Hall–Kier alpha value is -2.63. The minimum Gasteiger partial charge on any atom is -0.496 e. The summed E-state index contributed by atoms with van der Waals surface area (Å²) < 4.78 is 5.58. The molecule has 1 aliphatic carbocycles. The molecule has 1 aromatic heterocycles. The zero-order valence-electron chi connectivity index (χ0n) is 15.2. The Bertz CT molecular complexity index is 816. The van der Waals surface area contributed by atoms with E-state index in [1.807, 2.05) is 29.2 Å². The van der Waals surface area contributed by atoms with Gasteiger partial charge in [-0.3, -0.25) is 4.79 Å². The lowest BCUT2D eigenvalue weighted by Crippen LogP contribution is -2.50. The van der Waals surface area contributed by atoms with Crippen LogP contribution >= 0.6 is 0 Å². The highest BCUT2D eigenvalue weighted by Gasteiger charge is 2.43. The maximum atomic E-state index is 12.8. The van der Waals surface area contributed by atoms with Gasteiger partial charge in [-0.05, 0) is 18.9 Å². The Morgan fingerprint density at radius 3 is 2.81 bits per heavy atom. The highest BCUT2D eigenvalue weighted by Crippen LogP contribution is 2.47. The topological polar surface area (TPSA) is 77.6 Å². The number of aromatic hydroxyl groups is 1. The number of fused-ring (bicyclic) bond motifs is 2. The van der Waals surface area contributed by atoms with Crippen LogP contribution in [0.3, 0.4) is 0 Å². The van der Waals surface area contributed by atoms with Crippen molar-refractivity contribution in [3.05, 3.63) is 41.6 Å². The predicted molar refractivity (Wildman–Crippen MR) is 99.5 cm³/mol. The zero-order chi connectivity index (χ0) is 18.3. The molecule has 1 aliphatic heterocycles. The number of H-pyrrole nitrogens is 1. The Labute approximate surface area is 153 Å². The maximum Gasteiger partial charge on any atom is 0.220 e. The molecule has 1 amide bonds. The Balaban J connectivity index is 1.94. The van der Waals surface area contributed by atoms with E-state index in [-0.39, 0.29) is 23.9 Å². The van der Waals surface area contributed by atoms with Crippen LogP contribution in [0, 0.1) is 0 Å². The molecule has 4 rings (SSSR count). The lowest BCUT2D eigenvalue weighted by molar-refractivity contribution is -0.134. The first kappa shape index (κ1) is 16.8. The molecule has 0 unspecified atom stereocenters. The average molecular weight is 355 g/mol. The summed E-state index contributed by atoms with van der Waals surface area (Å²) in [5.74, 6) is 0.811. The Morgan fingerprint density at radius 2 is 2.04 bits per heavy atom. The number of para-hydroxylation sites is 1. The van der Waals surface area contributed by atoms with Gasteiger partial charge < -0.3 is 25.0 Å². The van der Waals surface area contributed by atoms with Gasteiger partial charge in [0.25, 0.3) is 0 Å². The molecule has 6 nitrogen and oxygen atoms in total. The smallest absolute Gasteiger partial charge is 0.220 e. The second-order valence-corrected chi connectivity index (χ2v) is 7.14. The molecule has 2 aromatic rings. The van der Waals surface area contributed by atoms with Crippen molar-refractivity contribution in [3.8, 4) is 11.6 Å². The number of carbonyl (C=O) groups excluding carboxylic acids is 1. The number of aromatic amines is 1. The van der Waals surface area contributed by atoms with Crippen molar-refractivity contribution < 1.29 is 14.6 Å². The van der Waals surface area contributed by atoms with Crippen LogP contribution in [-0.2, 0) is 4.79 Å². The largest absolute Gasteiger partial charge is 0.496 e. The van der Waals surface area contributed by atoms with Gasteiger partial charge in [0.05, 0.1) is 30.4 Å². The molecule has 0 spiro atoms. The Kier molecular flexibility index (Phi) is 4.26. The molecule has 2 heterocycles. The van der Waals surface area contributed by atoms with Gasteiger partial charge in [-0.25, -0.2) is 0 Å². The van der Waals surface area contributed by atoms with Crippen molar-refractivity contribution in [1.82, 2.24) is 9.88 Å². The quantitative estimate of drug-likeness (QED) is 0.771. The number of hydrogen-bond acceptors (Lipinski definition) is 4. The van der Waals surface area contributed by atoms with Crippen molar-refractivity contribution in [2.24, 2.45) is 0 Å². The van der Waals surface area contributed by atoms with E-state index in [4.69, 9.17) is 4.74 Å². The summed E-state index contributed by atoms with van der Waals surface area (Å²) in [6.07, 6.45) is 6.01. The van der Waals surface area contributed by atoms with Gasteiger partial charge in [0, 0.05) is 24.7 Å². The monoisotopic (exact) mass is 355 g/mol. The van der Waals surface area contributed by atoms with Gasteiger partial charge in [-0.1, -0.05) is 31.0 Å². The van der Waals surface area contributed by atoms with Crippen LogP contribution in [-0.4, -0.2) is 40.1 Å². The second-order valence-electron chi connectivity index (χ2n) is 7.14. The van der Waals surface area contributed by atoms with E-state index >= 15 is 0 Å². The molecule has 1 aromatic carbocycles. The third-order valence-electron chi connectivity index (χ3n) is 5.67. The number of aromatic nitrogens is 1. The number of hydrogen-bond donors (Lipinski definition) is 3. The fourth-order valence-electron chi connectivity index (χ4n) is 4.58. The van der Waals surface area contributed by atoms with Gasteiger partial charge in [-0.2, -0.15) is 0 Å².